The molecule has 2 N–H and O–H groups in total. The van der Waals surface area contributed by atoms with Gasteiger partial charge in [-0.25, -0.2) is 12.7 Å². The zero-order chi connectivity index (χ0) is 14.6. The maximum Gasteiger partial charge on any atom is 0.244 e. The molecule has 0 saturated heterocycles. The number of benzene rings is 1. The third-order valence-corrected chi connectivity index (χ3v) is 5.51. The average molecular weight is 325 g/mol. The van der Waals surface area contributed by atoms with Crippen LogP contribution < -0.4 is 5.73 Å². The van der Waals surface area contributed by atoms with Gasteiger partial charge in [-0.05, 0) is 24.1 Å². The molecular weight excluding hydrogens is 307 g/mol. The number of nitrogens with two attached hydrogens (primary N) is 1. The van der Waals surface area contributed by atoms with Gasteiger partial charge in [0.15, 0.2) is 0 Å². The fourth-order valence-corrected chi connectivity index (χ4v) is 3.65. The number of rotatable bonds is 6. The molecule has 19 heavy (non-hydrogen) atoms. The molecule has 108 valence electrons. The van der Waals surface area contributed by atoms with Gasteiger partial charge in [-0.2, -0.15) is 0 Å². The van der Waals surface area contributed by atoms with Gasteiger partial charge in [0.25, 0.3) is 0 Å². The van der Waals surface area contributed by atoms with Crippen molar-refractivity contribution < 1.29 is 8.42 Å². The third-order valence-electron chi connectivity index (χ3n) is 2.84. The van der Waals surface area contributed by atoms with Gasteiger partial charge in [-0.15, -0.1) is 0 Å². The lowest BCUT2D eigenvalue weighted by Gasteiger charge is -2.18. The molecule has 0 saturated carbocycles. The first-order valence-corrected chi connectivity index (χ1v) is 8.18. The molecule has 0 aliphatic rings. The normalized spacial score (nSPS) is 12.1. The maximum absolute atomic E-state index is 12.4. The van der Waals surface area contributed by atoms with Crippen molar-refractivity contribution in [2.75, 3.05) is 13.6 Å². The Morgan fingerprint density at radius 1 is 1.26 bits per heavy atom. The number of halogens is 2. The van der Waals surface area contributed by atoms with E-state index < -0.39 is 10.0 Å². The molecule has 0 spiro atoms. The first-order chi connectivity index (χ1) is 8.84. The molecule has 0 fully saturated rings. The zero-order valence-corrected chi connectivity index (χ0v) is 13.3. The quantitative estimate of drug-likeness (QED) is 0.875. The van der Waals surface area contributed by atoms with E-state index in [-0.39, 0.29) is 16.5 Å². The highest BCUT2D eigenvalue weighted by atomic mass is 35.5. The number of sulfonamides is 1. The highest BCUT2D eigenvalue weighted by molar-refractivity contribution is 7.89. The Balaban J connectivity index is 3.21. The highest BCUT2D eigenvalue weighted by Gasteiger charge is 2.24. The average Bonchev–Trinajstić information content (AvgIpc) is 2.35. The number of hydrogen-bond donors (Lipinski definition) is 1. The van der Waals surface area contributed by atoms with Gasteiger partial charge in [-0.3, -0.25) is 0 Å². The molecule has 1 rings (SSSR count). The van der Waals surface area contributed by atoms with Crippen molar-refractivity contribution in [1.82, 2.24) is 4.31 Å². The summed E-state index contributed by atoms with van der Waals surface area (Å²) in [6.07, 6.45) is 1.72. The first kappa shape index (κ1) is 16.7. The molecule has 0 atom stereocenters. The van der Waals surface area contributed by atoms with E-state index in [9.17, 15) is 8.42 Å². The van der Waals surface area contributed by atoms with E-state index >= 15 is 0 Å². The minimum absolute atomic E-state index is 0.0534. The van der Waals surface area contributed by atoms with Crippen LogP contribution in [-0.4, -0.2) is 26.3 Å². The number of nitrogens with zero attached hydrogens (tertiary/aromatic N) is 1. The van der Waals surface area contributed by atoms with Crippen LogP contribution in [0.15, 0.2) is 17.0 Å². The van der Waals surface area contributed by atoms with Gasteiger partial charge in [0.05, 0.1) is 5.02 Å². The van der Waals surface area contributed by atoms with Gasteiger partial charge >= 0.3 is 0 Å². The Bertz CT molecular complexity index is 547. The Hall–Kier alpha value is -0.330. The van der Waals surface area contributed by atoms with Gasteiger partial charge in [0.2, 0.25) is 10.0 Å². The second kappa shape index (κ2) is 6.90. The summed E-state index contributed by atoms with van der Waals surface area (Å²) in [6.45, 7) is 2.62. The fourth-order valence-electron chi connectivity index (χ4n) is 1.59. The summed E-state index contributed by atoms with van der Waals surface area (Å²) in [6, 6.07) is 2.87. The van der Waals surface area contributed by atoms with Crippen molar-refractivity contribution in [3.05, 3.63) is 27.7 Å². The van der Waals surface area contributed by atoms with Crippen LogP contribution in [0.3, 0.4) is 0 Å². The lowest BCUT2D eigenvalue weighted by molar-refractivity contribution is 0.459. The molecule has 4 nitrogen and oxygen atoms in total. The Morgan fingerprint density at radius 2 is 1.89 bits per heavy atom. The predicted octanol–water partition coefficient (Wildman–Crippen LogP) is 2.87. The molecule has 0 aromatic heterocycles. The van der Waals surface area contributed by atoms with Gasteiger partial charge in [0.1, 0.15) is 4.90 Å². The van der Waals surface area contributed by atoms with Gasteiger partial charge < -0.3 is 5.73 Å². The fraction of sp³-hybridized carbons (Fsp3) is 0.500. The Kier molecular flexibility index (Phi) is 6.08. The van der Waals surface area contributed by atoms with E-state index in [2.05, 4.69) is 0 Å². The lowest BCUT2D eigenvalue weighted by atomic mass is 10.2. The van der Waals surface area contributed by atoms with Crippen LogP contribution in [0.25, 0.3) is 0 Å². The Morgan fingerprint density at radius 3 is 2.42 bits per heavy atom. The summed E-state index contributed by atoms with van der Waals surface area (Å²) >= 11 is 11.9. The number of hydrogen-bond acceptors (Lipinski definition) is 3. The molecule has 0 heterocycles. The summed E-state index contributed by atoms with van der Waals surface area (Å²) in [5.41, 5.74) is 6.10. The van der Waals surface area contributed by atoms with E-state index in [0.717, 1.165) is 12.8 Å². The minimum atomic E-state index is -3.60. The molecule has 0 aliphatic carbocycles. The molecule has 1 aromatic carbocycles. The summed E-state index contributed by atoms with van der Waals surface area (Å²) in [5.74, 6) is 0. The Labute approximate surface area is 124 Å². The lowest BCUT2D eigenvalue weighted by Crippen LogP contribution is -2.28. The van der Waals surface area contributed by atoms with Crippen molar-refractivity contribution in [3.63, 3.8) is 0 Å². The van der Waals surface area contributed by atoms with Gasteiger partial charge in [0, 0.05) is 25.2 Å². The molecular formula is C12H18Cl2N2O2S. The van der Waals surface area contributed by atoms with Crippen molar-refractivity contribution in [1.29, 1.82) is 0 Å². The second-order valence-electron chi connectivity index (χ2n) is 4.26. The van der Waals surface area contributed by atoms with Crippen LogP contribution >= 0.6 is 23.2 Å². The minimum Gasteiger partial charge on any atom is -0.326 e. The SMILES string of the molecule is CCCCN(C)S(=O)(=O)c1cc(CN)c(Cl)cc1Cl. The predicted molar refractivity (Wildman–Crippen MR) is 79.1 cm³/mol. The maximum atomic E-state index is 12.4. The molecule has 0 radical (unpaired) electrons. The summed E-state index contributed by atoms with van der Waals surface area (Å²) in [5, 5.41) is 0.494. The summed E-state index contributed by atoms with van der Waals surface area (Å²) in [4.78, 5) is 0.0534. The smallest absolute Gasteiger partial charge is 0.244 e. The van der Waals surface area contributed by atoms with Gasteiger partial charge in [-0.1, -0.05) is 36.5 Å². The molecule has 0 amide bonds. The van der Waals surface area contributed by atoms with Crippen molar-refractivity contribution >= 4 is 33.2 Å². The van der Waals surface area contributed by atoms with Crippen LogP contribution in [0.5, 0.6) is 0 Å². The molecule has 0 unspecified atom stereocenters. The second-order valence-corrected chi connectivity index (χ2v) is 7.09. The monoisotopic (exact) mass is 324 g/mol. The standard InChI is InChI=1S/C12H18Cl2N2O2S/c1-3-4-5-16(2)19(17,18)12-6-9(8-15)10(13)7-11(12)14/h6-7H,3-5,8,15H2,1-2H3. The van der Waals surface area contributed by atoms with Crippen LogP contribution in [0.2, 0.25) is 10.0 Å². The number of unbranched alkanes of at least 4 members (excludes halogenated alkanes) is 1. The van der Waals surface area contributed by atoms with Crippen molar-refractivity contribution in [2.45, 2.75) is 31.2 Å². The topological polar surface area (TPSA) is 63.4 Å². The highest BCUT2D eigenvalue weighted by Crippen LogP contribution is 2.30. The van der Waals surface area contributed by atoms with E-state index in [4.69, 9.17) is 28.9 Å². The van der Waals surface area contributed by atoms with E-state index in [1.807, 2.05) is 6.92 Å². The van der Waals surface area contributed by atoms with Crippen LogP contribution in [0.4, 0.5) is 0 Å². The van der Waals surface area contributed by atoms with E-state index in [1.54, 1.807) is 0 Å². The molecule has 0 aliphatic heterocycles. The van der Waals surface area contributed by atoms with E-state index in [0.29, 0.717) is 17.1 Å². The first-order valence-electron chi connectivity index (χ1n) is 5.99. The summed E-state index contributed by atoms with van der Waals surface area (Å²) in [7, 11) is -2.06. The summed E-state index contributed by atoms with van der Waals surface area (Å²) < 4.78 is 26.1. The van der Waals surface area contributed by atoms with Crippen LogP contribution in [-0.2, 0) is 16.6 Å². The third kappa shape index (κ3) is 3.83. The van der Waals surface area contributed by atoms with Crippen LogP contribution in [0, 0.1) is 0 Å². The molecule has 7 heteroatoms. The largest absolute Gasteiger partial charge is 0.326 e. The van der Waals surface area contributed by atoms with Crippen LogP contribution in [0.1, 0.15) is 25.3 Å². The zero-order valence-electron chi connectivity index (χ0n) is 11.0. The molecule has 0 bridgehead atoms. The van der Waals surface area contributed by atoms with E-state index in [1.165, 1.54) is 23.5 Å². The van der Waals surface area contributed by atoms with Crippen molar-refractivity contribution in [2.24, 2.45) is 5.73 Å². The molecule has 1 aromatic rings. The van der Waals surface area contributed by atoms with Crippen molar-refractivity contribution in [3.8, 4) is 0 Å².